The highest BCUT2D eigenvalue weighted by atomic mass is 15.2. The topological polar surface area (TPSA) is 15.3 Å². The average Bonchev–Trinajstić information content (AvgIpc) is 2.25. The van der Waals surface area contributed by atoms with Crippen LogP contribution in [-0.2, 0) is 0 Å². The molecule has 0 spiro atoms. The minimum Gasteiger partial charge on any atom is -0.313 e. The monoisotopic (exact) mass is 226 g/mol. The second-order valence-corrected chi connectivity index (χ2v) is 5.59. The van der Waals surface area contributed by atoms with E-state index >= 15 is 0 Å². The summed E-state index contributed by atoms with van der Waals surface area (Å²) in [4.78, 5) is 2.65. The van der Waals surface area contributed by atoms with Crippen molar-refractivity contribution >= 4 is 0 Å². The Hall–Kier alpha value is -0.0800. The maximum atomic E-state index is 3.58. The number of likely N-dealkylation sites (N-methyl/N-ethyl adjacent to an activating group) is 1. The van der Waals surface area contributed by atoms with E-state index < -0.39 is 0 Å². The normalized spacial score (nSPS) is 22.9. The lowest BCUT2D eigenvalue weighted by Gasteiger charge is -2.33. The number of unbranched alkanes of at least 4 members (excludes halogenated alkanes) is 1. The van der Waals surface area contributed by atoms with Crippen LogP contribution < -0.4 is 5.32 Å². The fraction of sp³-hybridized carbons (Fsp3) is 1.00. The van der Waals surface area contributed by atoms with Crippen molar-refractivity contribution in [1.82, 2.24) is 10.2 Å². The summed E-state index contributed by atoms with van der Waals surface area (Å²) in [7, 11) is 0. The zero-order valence-electron chi connectivity index (χ0n) is 11.5. The average molecular weight is 226 g/mol. The standard InChI is InChI=1S/C14H30N2/c1-4-15-14-9-7-11-16(12-14)10-6-5-8-13(2)3/h13-15H,4-12H2,1-3H3. The Morgan fingerprint density at radius 1 is 1.31 bits per heavy atom. The second kappa shape index (κ2) is 8.08. The van der Waals surface area contributed by atoms with E-state index in [1.165, 1.54) is 51.7 Å². The molecule has 0 amide bonds. The summed E-state index contributed by atoms with van der Waals surface area (Å²) in [5, 5.41) is 3.58. The first-order valence-corrected chi connectivity index (χ1v) is 7.18. The molecule has 1 unspecified atom stereocenters. The first kappa shape index (κ1) is 14.0. The molecule has 2 nitrogen and oxygen atoms in total. The molecule has 0 aromatic carbocycles. The Morgan fingerprint density at radius 2 is 2.12 bits per heavy atom. The highest BCUT2D eigenvalue weighted by Crippen LogP contribution is 2.12. The van der Waals surface area contributed by atoms with E-state index in [-0.39, 0.29) is 0 Å². The van der Waals surface area contributed by atoms with E-state index in [2.05, 4.69) is 31.0 Å². The first-order valence-electron chi connectivity index (χ1n) is 7.18. The summed E-state index contributed by atoms with van der Waals surface area (Å²) in [5.41, 5.74) is 0. The number of likely N-dealkylation sites (tertiary alicyclic amines) is 1. The third-order valence-electron chi connectivity index (χ3n) is 3.50. The number of rotatable bonds is 7. The number of piperidine rings is 1. The summed E-state index contributed by atoms with van der Waals surface area (Å²) < 4.78 is 0. The van der Waals surface area contributed by atoms with Crippen LogP contribution in [0, 0.1) is 5.92 Å². The van der Waals surface area contributed by atoms with Gasteiger partial charge in [0.2, 0.25) is 0 Å². The van der Waals surface area contributed by atoms with Crippen LogP contribution in [0.4, 0.5) is 0 Å². The molecule has 0 aromatic heterocycles. The number of nitrogens with zero attached hydrogens (tertiary/aromatic N) is 1. The fourth-order valence-corrected chi connectivity index (χ4v) is 2.60. The van der Waals surface area contributed by atoms with Gasteiger partial charge in [-0.3, -0.25) is 0 Å². The van der Waals surface area contributed by atoms with Crippen LogP contribution in [0.2, 0.25) is 0 Å². The predicted molar refractivity (Wildman–Crippen MR) is 71.8 cm³/mol. The molecule has 0 aromatic rings. The van der Waals surface area contributed by atoms with Gasteiger partial charge in [-0.05, 0) is 44.8 Å². The molecule has 0 saturated carbocycles. The third kappa shape index (κ3) is 5.86. The maximum Gasteiger partial charge on any atom is 0.0195 e. The van der Waals surface area contributed by atoms with Gasteiger partial charge in [-0.2, -0.15) is 0 Å². The molecule has 1 aliphatic rings. The summed E-state index contributed by atoms with van der Waals surface area (Å²) in [6.45, 7) is 11.9. The lowest BCUT2D eigenvalue weighted by molar-refractivity contribution is 0.188. The van der Waals surface area contributed by atoms with Crippen LogP contribution in [0.1, 0.15) is 52.9 Å². The molecule has 1 fully saturated rings. The van der Waals surface area contributed by atoms with Gasteiger partial charge >= 0.3 is 0 Å². The van der Waals surface area contributed by atoms with Crippen LogP contribution in [0.5, 0.6) is 0 Å². The van der Waals surface area contributed by atoms with Crippen molar-refractivity contribution in [3.8, 4) is 0 Å². The van der Waals surface area contributed by atoms with Crippen LogP contribution >= 0.6 is 0 Å². The Morgan fingerprint density at radius 3 is 2.81 bits per heavy atom. The molecule has 1 N–H and O–H groups in total. The van der Waals surface area contributed by atoms with Gasteiger partial charge in [0.05, 0.1) is 0 Å². The van der Waals surface area contributed by atoms with Crippen molar-refractivity contribution in [2.75, 3.05) is 26.2 Å². The van der Waals surface area contributed by atoms with Crippen LogP contribution in [0.15, 0.2) is 0 Å². The van der Waals surface area contributed by atoms with Gasteiger partial charge in [-0.25, -0.2) is 0 Å². The lowest BCUT2D eigenvalue weighted by atomic mass is 10.0. The molecular weight excluding hydrogens is 196 g/mol. The predicted octanol–water partition coefficient (Wildman–Crippen LogP) is 2.89. The summed E-state index contributed by atoms with van der Waals surface area (Å²) >= 11 is 0. The maximum absolute atomic E-state index is 3.58. The third-order valence-corrected chi connectivity index (χ3v) is 3.50. The highest BCUT2D eigenvalue weighted by Gasteiger charge is 2.17. The molecule has 16 heavy (non-hydrogen) atoms. The summed E-state index contributed by atoms with van der Waals surface area (Å²) in [6.07, 6.45) is 6.93. The zero-order chi connectivity index (χ0) is 11.8. The van der Waals surface area contributed by atoms with Crippen LogP contribution in [0.25, 0.3) is 0 Å². The smallest absolute Gasteiger partial charge is 0.0195 e. The van der Waals surface area contributed by atoms with Crippen LogP contribution in [-0.4, -0.2) is 37.1 Å². The largest absolute Gasteiger partial charge is 0.313 e. The highest BCUT2D eigenvalue weighted by molar-refractivity contribution is 4.77. The first-order chi connectivity index (χ1) is 7.72. The van der Waals surface area contributed by atoms with Crippen molar-refractivity contribution in [1.29, 1.82) is 0 Å². The Labute approximate surface area is 102 Å². The minimum atomic E-state index is 0.754. The molecule has 1 heterocycles. The fourth-order valence-electron chi connectivity index (χ4n) is 2.60. The van der Waals surface area contributed by atoms with Crippen molar-refractivity contribution in [2.24, 2.45) is 5.92 Å². The Bertz CT molecular complexity index is 166. The molecule has 1 rings (SSSR count). The molecule has 1 atom stereocenters. The minimum absolute atomic E-state index is 0.754. The van der Waals surface area contributed by atoms with E-state index in [1.807, 2.05) is 0 Å². The van der Waals surface area contributed by atoms with E-state index in [0.29, 0.717) is 0 Å². The Balaban J connectivity index is 2.07. The van der Waals surface area contributed by atoms with Crippen molar-refractivity contribution < 1.29 is 0 Å². The van der Waals surface area contributed by atoms with Gasteiger partial charge in [-0.15, -0.1) is 0 Å². The van der Waals surface area contributed by atoms with Gasteiger partial charge in [0.15, 0.2) is 0 Å². The molecular formula is C14H30N2. The molecule has 0 aliphatic carbocycles. The van der Waals surface area contributed by atoms with E-state index in [1.54, 1.807) is 0 Å². The van der Waals surface area contributed by atoms with Crippen molar-refractivity contribution in [2.45, 2.75) is 58.9 Å². The summed E-state index contributed by atoms with van der Waals surface area (Å²) in [6, 6.07) is 0.754. The van der Waals surface area contributed by atoms with Gasteiger partial charge in [0, 0.05) is 12.6 Å². The lowest BCUT2D eigenvalue weighted by Crippen LogP contribution is -2.45. The zero-order valence-corrected chi connectivity index (χ0v) is 11.5. The van der Waals surface area contributed by atoms with Gasteiger partial charge in [0.1, 0.15) is 0 Å². The SMILES string of the molecule is CCNC1CCCN(CCCCC(C)C)C1. The number of nitrogens with one attached hydrogen (secondary N) is 1. The molecule has 2 heteroatoms. The van der Waals surface area contributed by atoms with Gasteiger partial charge in [-0.1, -0.05) is 33.6 Å². The quantitative estimate of drug-likeness (QED) is 0.672. The number of hydrogen-bond acceptors (Lipinski definition) is 2. The Kier molecular flexibility index (Phi) is 7.06. The molecule has 0 bridgehead atoms. The molecule has 0 radical (unpaired) electrons. The van der Waals surface area contributed by atoms with E-state index in [0.717, 1.165) is 18.5 Å². The van der Waals surface area contributed by atoms with Crippen molar-refractivity contribution in [3.63, 3.8) is 0 Å². The summed E-state index contributed by atoms with van der Waals surface area (Å²) in [5.74, 6) is 0.871. The van der Waals surface area contributed by atoms with Gasteiger partial charge < -0.3 is 10.2 Å². The van der Waals surface area contributed by atoms with E-state index in [9.17, 15) is 0 Å². The molecule has 1 saturated heterocycles. The van der Waals surface area contributed by atoms with Crippen molar-refractivity contribution in [3.05, 3.63) is 0 Å². The van der Waals surface area contributed by atoms with Crippen LogP contribution in [0.3, 0.4) is 0 Å². The molecule has 96 valence electrons. The second-order valence-electron chi connectivity index (χ2n) is 5.59. The number of hydrogen-bond donors (Lipinski definition) is 1. The molecule has 1 aliphatic heterocycles. The van der Waals surface area contributed by atoms with E-state index in [4.69, 9.17) is 0 Å². The van der Waals surface area contributed by atoms with Gasteiger partial charge in [0.25, 0.3) is 0 Å².